The lowest BCUT2D eigenvalue weighted by atomic mass is 9.80. The van der Waals surface area contributed by atoms with Gasteiger partial charge in [-0.2, -0.15) is 0 Å². The summed E-state index contributed by atoms with van der Waals surface area (Å²) in [6, 6.07) is 0. The fourth-order valence-electron chi connectivity index (χ4n) is 3.69. The minimum absolute atomic E-state index is 0.208. The lowest BCUT2D eigenvalue weighted by Crippen LogP contribution is -2.52. The zero-order chi connectivity index (χ0) is 14.0. The maximum Gasteiger partial charge on any atom is 0.224 e. The Morgan fingerprint density at radius 3 is 2.30 bits per heavy atom. The van der Waals surface area contributed by atoms with Gasteiger partial charge in [0, 0.05) is 44.7 Å². The number of amides is 1. The molecule has 2 saturated carbocycles. The summed E-state index contributed by atoms with van der Waals surface area (Å²) in [5, 5.41) is 0. The van der Waals surface area contributed by atoms with Gasteiger partial charge in [-0.3, -0.25) is 9.69 Å². The van der Waals surface area contributed by atoms with Crippen molar-refractivity contribution in [2.24, 2.45) is 11.7 Å². The van der Waals surface area contributed by atoms with Crippen LogP contribution in [0.2, 0.25) is 0 Å². The standard InChI is InChI=1S/C16H29N3O/c17-16(6-2-1-3-7-16)12-15(20)19-10-8-18(9-11-19)13-14-4-5-14/h14H,1-13,17H2. The summed E-state index contributed by atoms with van der Waals surface area (Å²) in [6.07, 6.45) is 9.12. The van der Waals surface area contributed by atoms with Crippen LogP contribution in [0, 0.1) is 5.92 Å². The van der Waals surface area contributed by atoms with Gasteiger partial charge < -0.3 is 10.6 Å². The zero-order valence-corrected chi connectivity index (χ0v) is 12.6. The van der Waals surface area contributed by atoms with Crippen LogP contribution >= 0.6 is 0 Å². The number of carbonyl (C=O) groups excluding carboxylic acids is 1. The fourth-order valence-corrected chi connectivity index (χ4v) is 3.69. The highest BCUT2D eigenvalue weighted by Gasteiger charge is 2.33. The van der Waals surface area contributed by atoms with E-state index in [1.54, 1.807) is 0 Å². The second-order valence-electron chi connectivity index (χ2n) is 7.22. The number of rotatable bonds is 4. The monoisotopic (exact) mass is 279 g/mol. The molecule has 0 bridgehead atoms. The molecule has 114 valence electrons. The molecule has 4 nitrogen and oxygen atoms in total. The molecule has 0 unspecified atom stereocenters. The highest BCUT2D eigenvalue weighted by atomic mass is 16.2. The molecular weight excluding hydrogens is 250 g/mol. The Labute approximate surface area is 122 Å². The molecule has 1 heterocycles. The van der Waals surface area contributed by atoms with Crippen molar-refractivity contribution in [1.29, 1.82) is 0 Å². The maximum absolute atomic E-state index is 12.4. The molecule has 2 aliphatic carbocycles. The van der Waals surface area contributed by atoms with E-state index in [0.717, 1.165) is 44.9 Å². The van der Waals surface area contributed by atoms with Crippen LogP contribution in [0.1, 0.15) is 51.4 Å². The molecule has 1 amide bonds. The second-order valence-corrected chi connectivity index (χ2v) is 7.22. The summed E-state index contributed by atoms with van der Waals surface area (Å²) in [6.45, 7) is 5.17. The van der Waals surface area contributed by atoms with Crippen molar-refractivity contribution in [3.63, 3.8) is 0 Å². The van der Waals surface area contributed by atoms with Gasteiger partial charge in [0.1, 0.15) is 0 Å². The molecule has 0 aromatic heterocycles. The Hall–Kier alpha value is -0.610. The molecule has 1 saturated heterocycles. The van der Waals surface area contributed by atoms with E-state index in [0.29, 0.717) is 12.3 Å². The Morgan fingerprint density at radius 2 is 1.70 bits per heavy atom. The Bertz CT molecular complexity index is 340. The quantitative estimate of drug-likeness (QED) is 0.850. The van der Waals surface area contributed by atoms with E-state index >= 15 is 0 Å². The van der Waals surface area contributed by atoms with Crippen LogP contribution in [0.5, 0.6) is 0 Å². The highest BCUT2D eigenvalue weighted by Crippen LogP contribution is 2.31. The first-order valence-electron chi connectivity index (χ1n) is 8.44. The van der Waals surface area contributed by atoms with E-state index in [1.807, 2.05) is 4.90 Å². The first-order chi connectivity index (χ1) is 9.65. The molecule has 3 fully saturated rings. The molecule has 0 aromatic rings. The van der Waals surface area contributed by atoms with Crippen molar-refractivity contribution in [2.75, 3.05) is 32.7 Å². The van der Waals surface area contributed by atoms with Gasteiger partial charge in [0.05, 0.1) is 0 Å². The first kappa shape index (κ1) is 14.3. The summed E-state index contributed by atoms with van der Waals surface area (Å²) in [7, 11) is 0. The molecule has 0 atom stereocenters. The van der Waals surface area contributed by atoms with Crippen LogP contribution in [-0.2, 0) is 4.79 Å². The first-order valence-corrected chi connectivity index (χ1v) is 8.44. The number of hydrogen-bond donors (Lipinski definition) is 1. The molecule has 0 aromatic carbocycles. The van der Waals surface area contributed by atoms with Gasteiger partial charge in [0.25, 0.3) is 0 Å². The van der Waals surface area contributed by atoms with Crippen molar-refractivity contribution in [1.82, 2.24) is 9.80 Å². The number of carbonyl (C=O) groups is 1. The average molecular weight is 279 g/mol. The van der Waals surface area contributed by atoms with E-state index < -0.39 is 0 Å². The SMILES string of the molecule is NC1(CC(=O)N2CCN(CC3CC3)CC2)CCCCC1. The predicted molar refractivity (Wildman–Crippen MR) is 80.4 cm³/mol. The highest BCUT2D eigenvalue weighted by molar-refractivity contribution is 5.77. The Balaban J connectivity index is 1.43. The van der Waals surface area contributed by atoms with E-state index in [1.165, 1.54) is 38.6 Å². The average Bonchev–Trinajstić information content (AvgIpc) is 3.24. The van der Waals surface area contributed by atoms with Crippen LogP contribution in [0.15, 0.2) is 0 Å². The molecule has 1 aliphatic heterocycles. The number of nitrogens with zero attached hydrogens (tertiary/aromatic N) is 2. The van der Waals surface area contributed by atoms with Gasteiger partial charge in [-0.25, -0.2) is 0 Å². The van der Waals surface area contributed by atoms with Gasteiger partial charge in [-0.05, 0) is 31.6 Å². The van der Waals surface area contributed by atoms with E-state index in [2.05, 4.69) is 4.90 Å². The molecule has 4 heteroatoms. The van der Waals surface area contributed by atoms with Crippen molar-refractivity contribution in [3.05, 3.63) is 0 Å². The largest absolute Gasteiger partial charge is 0.340 e. The number of piperazine rings is 1. The van der Waals surface area contributed by atoms with Crippen molar-refractivity contribution in [3.8, 4) is 0 Å². The summed E-state index contributed by atoms with van der Waals surface area (Å²) < 4.78 is 0. The Kier molecular flexibility index (Phi) is 4.32. The van der Waals surface area contributed by atoms with Gasteiger partial charge in [-0.1, -0.05) is 19.3 Å². The van der Waals surface area contributed by atoms with Gasteiger partial charge in [0.15, 0.2) is 0 Å². The lowest BCUT2D eigenvalue weighted by Gasteiger charge is -2.38. The smallest absolute Gasteiger partial charge is 0.224 e. The van der Waals surface area contributed by atoms with Crippen LogP contribution in [0.3, 0.4) is 0 Å². The van der Waals surface area contributed by atoms with Gasteiger partial charge in [0.2, 0.25) is 5.91 Å². The summed E-state index contributed by atoms with van der Waals surface area (Å²) in [5.41, 5.74) is 6.20. The molecule has 3 aliphatic rings. The van der Waals surface area contributed by atoms with Gasteiger partial charge in [-0.15, -0.1) is 0 Å². The van der Waals surface area contributed by atoms with Crippen molar-refractivity contribution in [2.45, 2.75) is 56.9 Å². The third kappa shape index (κ3) is 3.73. The number of hydrogen-bond acceptors (Lipinski definition) is 3. The third-order valence-electron chi connectivity index (χ3n) is 5.29. The lowest BCUT2D eigenvalue weighted by molar-refractivity contribution is -0.134. The number of nitrogens with two attached hydrogens (primary N) is 1. The topological polar surface area (TPSA) is 49.6 Å². The molecule has 3 rings (SSSR count). The predicted octanol–water partition coefficient (Wildman–Crippen LogP) is 1.59. The van der Waals surface area contributed by atoms with E-state index in [4.69, 9.17) is 5.73 Å². The normalized spacial score (nSPS) is 27.6. The fraction of sp³-hybridized carbons (Fsp3) is 0.938. The molecule has 20 heavy (non-hydrogen) atoms. The van der Waals surface area contributed by atoms with Crippen LogP contribution in [0.25, 0.3) is 0 Å². The summed E-state index contributed by atoms with van der Waals surface area (Å²) in [4.78, 5) is 17.0. The van der Waals surface area contributed by atoms with Gasteiger partial charge >= 0.3 is 0 Å². The van der Waals surface area contributed by atoms with E-state index in [-0.39, 0.29) is 5.54 Å². The van der Waals surface area contributed by atoms with Crippen molar-refractivity contribution >= 4 is 5.91 Å². The van der Waals surface area contributed by atoms with E-state index in [9.17, 15) is 4.79 Å². The molecular formula is C16H29N3O. The Morgan fingerprint density at radius 1 is 1.05 bits per heavy atom. The minimum atomic E-state index is -0.208. The molecule has 0 radical (unpaired) electrons. The third-order valence-corrected chi connectivity index (χ3v) is 5.29. The molecule has 2 N–H and O–H groups in total. The molecule has 0 spiro atoms. The second kappa shape index (κ2) is 6.02. The zero-order valence-electron chi connectivity index (χ0n) is 12.6. The van der Waals surface area contributed by atoms with Crippen LogP contribution < -0.4 is 5.73 Å². The minimum Gasteiger partial charge on any atom is -0.340 e. The van der Waals surface area contributed by atoms with Crippen LogP contribution in [0.4, 0.5) is 0 Å². The van der Waals surface area contributed by atoms with Crippen LogP contribution in [-0.4, -0.2) is 54.0 Å². The summed E-state index contributed by atoms with van der Waals surface area (Å²) >= 11 is 0. The maximum atomic E-state index is 12.4. The summed E-state index contributed by atoms with van der Waals surface area (Å²) in [5.74, 6) is 1.24. The van der Waals surface area contributed by atoms with Crippen molar-refractivity contribution < 1.29 is 4.79 Å².